The fourth-order valence-corrected chi connectivity index (χ4v) is 3.06. The molecule has 0 heterocycles. The average Bonchev–Trinajstić information content (AvgIpc) is 2.65. The Hall–Kier alpha value is -2.47. The Morgan fingerprint density at radius 1 is 1.15 bits per heavy atom. The monoisotopic (exact) mass is 394 g/mol. The third-order valence-corrected chi connectivity index (χ3v) is 4.64. The van der Waals surface area contributed by atoms with Crippen molar-refractivity contribution in [1.29, 1.82) is 0 Å². The van der Waals surface area contributed by atoms with Crippen molar-refractivity contribution in [3.05, 3.63) is 70.2 Å². The molecule has 0 aliphatic heterocycles. The van der Waals surface area contributed by atoms with Crippen LogP contribution in [0.2, 0.25) is 5.02 Å². The first-order chi connectivity index (χ1) is 12.9. The summed E-state index contributed by atoms with van der Waals surface area (Å²) in [6.45, 7) is 1.87. The number of likely N-dealkylation sites (N-methyl/N-ethyl adjacent to an activating group) is 1. The van der Waals surface area contributed by atoms with Crippen LogP contribution in [0.5, 0.6) is 0 Å². The number of hydrogen-bond acceptors (Lipinski definition) is 2. The molecule has 2 amide bonds. The lowest BCUT2D eigenvalue weighted by atomic mass is 10.1. The minimum atomic E-state index is -0.738. The summed E-state index contributed by atoms with van der Waals surface area (Å²) in [4.78, 5) is 26.6. The Kier molecular flexibility index (Phi) is 7.30. The summed E-state index contributed by atoms with van der Waals surface area (Å²) in [5, 5.41) is 2.69. The van der Waals surface area contributed by atoms with E-state index in [-0.39, 0.29) is 29.5 Å². The molecule has 0 unspecified atom stereocenters. The van der Waals surface area contributed by atoms with Crippen molar-refractivity contribution in [2.24, 2.45) is 0 Å². The van der Waals surface area contributed by atoms with Gasteiger partial charge in [-0.05, 0) is 36.2 Å². The first-order valence-corrected chi connectivity index (χ1v) is 8.93. The molecule has 0 fully saturated rings. The van der Waals surface area contributed by atoms with E-state index < -0.39 is 23.6 Å². The predicted octanol–water partition coefficient (Wildman–Crippen LogP) is 3.71. The van der Waals surface area contributed by atoms with Crippen LogP contribution in [0.3, 0.4) is 0 Å². The SMILES string of the molecule is CC[C@@H](C(=O)NC)N(Cc1ccc(F)cc1)C(=O)Cc1c(F)cccc1Cl. The molecule has 27 heavy (non-hydrogen) atoms. The smallest absolute Gasteiger partial charge is 0.242 e. The predicted molar refractivity (Wildman–Crippen MR) is 100 cm³/mol. The quantitative estimate of drug-likeness (QED) is 0.778. The maximum Gasteiger partial charge on any atom is 0.242 e. The van der Waals surface area contributed by atoms with Gasteiger partial charge in [0, 0.05) is 24.2 Å². The van der Waals surface area contributed by atoms with Crippen molar-refractivity contribution < 1.29 is 18.4 Å². The van der Waals surface area contributed by atoms with Gasteiger partial charge in [-0.15, -0.1) is 0 Å². The van der Waals surface area contributed by atoms with Crippen molar-refractivity contribution in [3.8, 4) is 0 Å². The van der Waals surface area contributed by atoms with E-state index in [1.54, 1.807) is 19.1 Å². The molecule has 4 nitrogen and oxygen atoms in total. The van der Waals surface area contributed by atoms with E-state index in [9.17, 15) is 18.4 Å². The second-order valence-electron chi connectivity index (χ2n) is 6.06. The normalized spacial score (nSPS) is 11.7. The van der Waals surface area contributed by atoms with Crippen LogP contribution >= 0.6 is 11.6 Å². The van der Waals surface area contributed by atoms with Crippen molar-refractivity contribution in [2.45, 2.75) is 32.4 Å². The fraction of sp³-hybridized carbons (Fsp3) is 0.300. The molecular weight excluding hydrogens is 374 g/mol. The average molecular weight is 395 g/mol. The van der Waals surface area contributed by atoms with Crippen molar-refractivity contribution in [3.63, 3.8) is 0 Å². The summed E-state index contributed by atoms with van der Waals surface area (Å²) in [6.07, 6.45) is 0.0950. The van der Waals surface area contributed by atoms with E-state index in [4.69, 9.17) is 11.6 Å². The van der Waals surface area contributed by atoms with Gasteiger partial charge >= 0.3 is 0 Å². The van der Waals surface area contributed by atoms with E-state index in [1.807, 2.05) is 0 Å². The maximum absolute atomic E-state index is 14.1. The number of amides is 2. The third kappa shape index (κ3) is 5.26. The highest BCUT2D eigenvalue weighted by Crippen LogP contribution is 2.22. The van der Waals surface area contributed by atoms with E-state index in [1.165, 1.54) is 42.3 Å². The lowest BCUT2D eigenvalue weighted by molar-refractivity contribution is -0.140. The summed E-state index contributed by atoms with van der Waals surface area (Å²) in [7, 11) is 1.49. The van der Waals surface area contributed by atoms with Crippen LogP contribution in [-0.2, 0) is 22.6 Å². The van der Waals surface area contributed by atoms with Crippen LogP contribution in [0.1, 0.15) is 24.5 Å². The molecule has 7 heteroatoms. The van der Waals surface area contributed by atoms with Crippen LogP contribution in [0, 0.1) is 11.6 Å². The van der Waals surface area contributed by atoms with E-state index >= 15 is 0 Å². The highest BCUT2D eigenvalue weighted by Gasteiger charge is 2.29. The Labute approximate surface area is 162 Å². The van der Waals surface area contributed by atoms with Crippen LogP contribution in [0.25, 0.3) is 0 Å². The molecule has 0 radical (unpaired) electrons. The molecule has 2 aromatic carbocycles. The molecule has 2 aromatic rings. The topological polar surface area (TPSA) is 49.4 Å². The Morgan fingerprint density at radius 3 is 2.37 bits per heavy atom. The lowest BCUT2D eigenvalue weighted by Crippen LogP contribution is -2.48. The van der Waals surface area contributed by atoms with Gasteiger partial charge in [0.05, 0.1) is 6.42 Å². The van der Waals surface area contributed by atoms with Crippen LogP contribution in [0.15, 0.2) is 42.5 Å². The first-order valence-electron chi connectivity index (χ1n) is 8.55. The molecule has 1 atom stereocenters. The van der Waals surface area contributed by atoms with Crippen molar-refractivity contribution in [2.75, 3.05) is 7.05 Å². The van der Waals surface area contributed by atoms with E-state index in [2.05, 4.69) is 5.32 Å². The zero-order valence-electron chi connectivity index (χ0n) is 15.1. The van der Waals surface area contributed by atoms with Crippen LogP contribution < -0.4 is 5.32 Å². The number of rotatable bonds is 7. The molecule has 0 saturated heterocycles. The summed E-state index contributed by atoms with van der Waals surface area (Å²) in [5.41, 5.74) is 0.742. The number of benzene rings is 2. The highest BCUT2D eigenvalue weighted by molar-refractivity contribution is 6.31. The molecule has 144 valence electrons. The Bertz CT molecular complexity index is 792. The van der Waals surface area contributed by atoms with Gasteiger partial charge < -0.3 is 10.2 Å². The van der Waals surface area contributed by atoms with Gasteiger partial charge in [0.2, 0.25) is 11.8 Å². The van der Waals surface area contributed by atoms with Crippen LogP contribution in [-0.4, -0.2) is 29.8 Å². The fourth-order valence-electron chi connectivity index (χ4n) is 2.83. The number of nitrogens with zero attached hydrogens (tertiary/aromatic N) is 1. The lowest BCUT2D eigenvalue weighted by Gasteiger charge is -2.30. The number of nitrogens with one attached hydrogen (secondary N) is 1. The van der Waals surface area contributed by atoms with Gasteiger partial charge in [0.1, 0.15) is 17.7 Å². The van der Waals surface area contributed by atoms with Crippen molar-refractivity contribution in [1.82, 2.24) is 10.2 Å². The first kappa shape index (κ1) is 20.8. The molecule has 0 bridgehead atoms. The number of carbonyl (C=O) groups is 2. The zero-order valence-corrected chi connectivity index (χ0v) is 15.9. The Balaban J connectivity index is 2.33. The van der Waals surface area contributed by atoms with Gasteiger partial charge in [-0.25, -0.2) is 8.78 Å². The Morgan fingerprint density at radius 2 is 1.81 bits per heavy atom. The largest absolute Gasteiger partial charge is 0.357 e. The van der Waals surface area contributed by atoms with Gasteiger partial charge in [0.25, 0.3) is 0 Å². The van der Waals surface area contributed by atoms with Gasteiger partial charge in [-0.2, -0.15) is 0 Å². The standard InChI is InChI=1S/C20H21ClF2N2O2/c1-3-18(20(27)24-2)25(12-13-7-9-14(22)10-8-13)19(26)11-15-16(21)5-4-6-17(15)23/h4-10,18H,3,11-12H2,1-2H3,(H,24,27)/t18-/m0/s1. The number of hydrogen-bond donors (Lipinski definition) is 1. The summed E-state index contributed by atoms with van der Waals surface area (Å²) in [6, 6.07) is 9.12. The van der Waals surface area contributed by atoms with Crippen molar-refractivity contribution >= 4 is 23.4 Å². The molecule has 0 aliphatic rings. The third-order valence-electron chi connectivity index (χ3n) is 4.29. The molecule has 0 spiro atoms. The minimum Gasteiger partial charge on any atom is -0.357 e. The second-order valence-corrected chi connectivity index (χ2v) is 6.47. The second kappa shape index (κ2) is 9.46. The molecule has 0 aromatic heterocycles. The molecule has 0 saturated carbocycles. The van der Waals surface area contributed by atoms with Gasteiger partial charge in [-0.1, -0.05) is 36.7 Å². The highest BCUT2D eigenvalue weighted by atomic mass is 35.5. The summed E-state index contributed by atoms with van der Waals surface area (Å²) >= 11 is 6.03. The molecule has 1 N–H and O–H groups in total. The summed E-state index contributed by atoms with van der Waals surface area (Å²) in [5.74, 6) is -1.74. The van der Waals surface area contributed by atoms with E-state index in [0.717, 1.165) is 0 Å². The number of carbonyl (C=O) groups excluding carboxylic acids is 2. The maximum atomic E-state index is 14.1. The molecule has 2 rings (SSSR count). The summed E-state index contributed by atoms with van der Waals surface area (Å²) < 4.78 is 27.2. The zero-order chi connectivity index (χ0) is 20.0. The van der Waals surface area contributed by atoms with Gasteiger partial charge in [0.15, 0.2) is 0 Å². The van der Waals surface area contributed by atoms with Gasteiger partial charge in [-0.3, -0.25) is 9.59 Å². The minimum absolute atomic E-state index is 0.0834. The van der Waals surface area contributed by atoms with Crippen LogP contribution in [0.4, 0.5) is 8.78 Å². The molecular formula is C20H21ClF2N2O2. The van der Waals surface area contributed by atoms with E-state index in [0.29, 0.717) is 12.0 Å². The number of halogens is 3. The molecule has 0 aliphatic carbocycles.